The van der Waals surface area contributed by atoms with Crippen molar-refractivity contribution in [3.63, 3.8) is 0 Å². The van der Waals surface area contributed by atoms with Gasteiger partial charge < -0.3 is 15.7 Å². The lowest BCUT2D eigenvalue weighted by Crippen LogP contribution is -2.30. The zero-order valence-electron chi connectivity index (χ0n) is 10.2. The molecule has 6 nitrogen and oxygen atoms in total. The zero-order chi connectivity index (χ0) is 12.8. The largest absolute Gasteiger partial charge is 0.388 e. The number of pyridine rings is 1. The predicted octanol–water partition coefficient (Wildman–Crippen LogP) is 0.568. The Morgan fingerprint density at radius 2 is 2.22 bits per heavy atom. The van der Waals surface area contributed by atoms with E-state index in [0.29, 0.717) is 18.0 Å². The summed E-state index contributed by atoms with van der Waals surface area (Å²) in [7, 11) is 0. The average Bonchev–Trinajstić information content (AvgIpc) is 2.68. The van der Waals surface area contributed by atoms with Crippen LogP contribution in [0.2, 0.25) is 0 Å². The highest BCUT2D eigenvalue weighted by molar-refractivity contribution is 5.87. The van der Waals surface area contributed by atoms with Crippen molar-refractivity contribution in [3.8, 4) is 0 Å². The standard InChI is InChI=1S/C12H15N5O/c1-12(18)4-5-17(6-12)11-8-2-3-9(13)16-10(8)14-7-15-11/h2-3,7,18H,4-6H2,1H3,(H2,13,14,15,16). The maximum Gasteiger partial charge on any atom is 0.166 e. The molecule has 1 aliphatic rings. The molecule has 0 radical (unpaired) electrons. The first-order chi connectivity index (χ1) is 8.55. The third kappa shape index (κ3) is 1.84. The molecule has 1 saturated heterocycles. The summed E-state index contributed by atoms with van der Waals surface area (Å²) >= 11 is 0. The molecule has 94 valence electrons. The van der Waals surface area contributed by atoms with Crippen molar-refractivity contribution in [1.82, 2.24) is 15.0 Å². The summed E-state index contributed by atoms with van der Waals surface area (Å²) in [5, 5.41) is 10.9. The lowest BCUT2D eigenvalue weighted by atomic mass is 10.1. The van der Waals surface area contributed by atoms with E-state index in [-0.39, 0.29) is 0 Å². The number of β-amino-alcohol motifs (C(OH)–C–C–N with tert-alkyl or cyclic N) is 1. The number of nitrogen functional groups attached to an aromatic ring is 1. The molecular formula is C12H15N5O. The molecule has 0 aliphatic carbocycles. The maximum absolute atomic E-state index is 10.0. The number of aliphatic hydroxyl groups is 1. The number of fused-ring (bicyclic) bond motifs is 1. The molecular weight excluding hydrogens is 230 g/mol. The Morgan fingerprint density at radius 1 is 1.39 bits per heavy atom. The fourth-order valence-corrected chi connectivity index (χ4v) is 2.32. The molecule has 2 aromatic heterocycles. The third-order valence-electron chi connectivity index (χ3n) is 3.25. The highest BCUT2D eigenvalue weighted by atomic mass is 16.3. The van der Waals surface area contributed by atoms with Crippen LogP contribution in [0.5, 0.6) is 0 Å². The fourth-order valence-electron chi connectivity index (χ4n) is 2.32. The first-order valence-electron chi connectivity index (χ1n) is 5.90. The summed E-state index contributed by atoms with van der Waals surface area (Å²) in [5.41, 5.74) is 5.58. The Morgan fingerprint density at radius 3 is 2.94 bits per heavy atom. The molecule has 2 aromatic rings. The average molecular weight is 245 g/mol. The van der Waals surface area contributed by atoms with Gasteiger partial charge in [-0.2, -0.15) is 0 Å². The van der Waals surface area contributed by atoms with Gasteiger partial charge in [0, 0.05) is 13.1 Å². The summed E-state index contributed by atoms with van der Waals surface area (Å²) in [6.45, 7) is 3.19. The zero-order valence-corrected chi connectivity index (χ0v) is 10.2. The van der Waals surface area contributed by atoms with Crippen LogP contribution >= 0.6 is 0 Å². The SMILES string of the molecule is CC1(O)CCN(c2ncnc3nc(N)ccc23)C1. The van der Waals surface area contributed by atoms with Crippen LogP contribution in [0.15, 0.2) is 18.5 Å². The molecule has 0 saturated carbocycles. The van der Waals surface area contributed by atoms with E-state index in [1.54, 1.807) is 6.07 Å². The van der Waals surface area contributed by atoms with E-state index in [0.717, 1.165) is 24.2 Å². The van der Waals surface area contributed by atoms with Gasteiger partial charge in [0.2, 0.25) is 0 Å². The van der Waals surface area contributed by atoms with Crippen LogP contribution in [0.3, 0.4) is 0 Å². The van der Waals surface area contributed by atoms with Crippen molar-refractivity contribution >= 4 is 22.7 Å². The molecule has 1 aliphatic heterocycles. The van der Waals surface area contributed by atoms with Gasteiger partial charge in [-0.25, -0.2) is 15.0 Å². The van der Waals surface area contributed by atoms with E-state index < -0.39 is 5.60 Å². The molecule has 0 amide bonds. The highest BCUT2D eigenvalue weighted by Gasteiger charge is 2.32. The third-order valence-corrected chi connectivity index (χ3v) is 3.25. The number of nitrogens with zero attached hydrogens (tertiary/aromatic N) is 4. The summed E-state index contributed by atoms with van der Waals surface area (Å²) in [6.07, 6.45) is 2.22. The smallest absolute Gasteiger partial charge is 0.166 e. The second-order valence-electron chi connectivity index (χ2n) is 4.97. The predicted molar refractivity (Wildman–Crippen MR) is 69.2 cm³/mol. The van der Waals surface area contributed by atoms with E-state index in [9.17, 15) is 5.11 Å². The van der Waals surface area contributed by atoms with Crippen LogP contribution in [-0.2, 0) is 0 Å². The van der Waals surface area contributed by atoms with Gasteiger partial charge in [-0.05, 0) is 25.5 Å². The topological polar surface area (TPSA) is 88.2 Å². The van der Waals surface area contributed by atoms with E-state index in [2.05, 4.69) is 19.9 Å². The molecule has 3 rings (SSSR count). The van der Waals surface area contributed by atoms with E-state index >= 15 is 0 Å². The monoisotopic (exact) mass is 245 g/mol. The normalized spacial score (nSPS) is 23.8. The minimum atomic E-state index is -0.654. The molecule has 0 aromatic carbocycles. The van der Waals surface area contributed by atoms with Crippen LogP contribution in [0, 0.1) is 0 Å². The molecule has 1 fully saturated rings. The van der Waals surface area contributed by atoms with Crippen molar-refractivity contribution in [2.45, 2.75) is 18.9 Å². The summed E-state index contributed by atoms with van der Waals surface area (Å²) in [4.78, 5) is 14.7. The van der Waals surface area contributed by atoms with Crippen molar-refractivity contribution in [2.24, 2.45) is 0 Å². The number of nitrogens with two attached hydrogens (primary N) is 1. The van der Waals surface area contributed by atoms with Crippen molar-refractivity contribution in [2.75, 3.05) is 23.7 Å². The van der Waals surface area contributed by atoms with Gasteiger partial charge >= 0.3 is 0 Å². The van der Waals surface area contributed by atoms with Crippen LogP contribution in [0.1, 0.15) is 13.3 Å². The van der Waals surface area contributed by atoms with Gasteiger partial charge in [-0.15, -0.1) is 0 Å². The van der Waals surface area contributed by atoms with Gasteiger partial charge in [0.15, 0.2) is 5.65 Å². The van der Waals surface area contributed by atoms with Crippen LogP contribution in [-0.4, -0.2) is 38.7 Å². The Bertz CT molecular complexity index is 598. The number of hydrogen-bond acceptors (Lipinski definition) is 6. The van der Waals surface area contributed by atoms with Crippen molar-refractivity contribution in [3.05, 3.63) is 18.5 Å². The van der Waals surface area contributed by atoms with Gasteiger partial charge in [-0.1, -0.05) is 0 Å². The van der Waals surface area contributed by atoms with Gasteiger partial charge in [0.05, 0.1) is 11.0 Å². The lowest BCUT2D eigenvalue weighted by molar-refractivity contribution is 0.0839. The molecule has 18 heavy (non-hydrogen) atoms. The number of rotatable bonds is 1. The van der Waals surface area contributed by atoms with Gasteiger partial charge in [-0.3, -0.25) is 0 Å². The molecule has 0 spiro atoms. The summed E-state index contributed by atoms with van der Waals surface area (Å²) < 4.78 is 0. The Hall–Kier alpha value is -1.95. The second kappa shape index (κ2) is 3.78. The summed E-state index contributed by atoms with van der Waals surface area (Å²) in [5.74, 6) is 1.26. The van der Waals surface area contributed by atoms with E-state index in [1.165, 1.54) is 6.33 Å². The minimum absolute atomic E-state index is 0.445. The van der Waals surface area contributed by atoms with Gasteiger partial charge in [0.1, 0.15) is 18.0 Å². The van der Waals surface area contributed by atoms with E-state index in [4.69, 9.17) is 5.73 Å². The van der Waals surface area contributed by atoms with Crippen LogP contribution in [0.4, 0.5) is 11.6 Å². The molecule has 1 unspecified atom stereocenters. The molecule has 1 atom stereocenters. The highest BCUT2D eigenvalue weighted by Crippen LogP contribution is 2.29. The minimum Gasteiger partial charge on any atom is -0.388 e. The van der Waals surface area contributed by atoms with Gasteiger partial charge in [0.25, 0.3) is 0 Å². The fraction of sp³-hybridized carbons (Fsp3) is 0.417. The first kappa shape index (κ1) is 11.2. The molecule has 6 heteroatoms. The van der Waals surface area contributed by atoms with Crippen molar-refractivity contribution in [1.29, 1.82) is 0 Å². The molecule has 0 bridgehead atoms. The number of hydrogen-bond donors (Lipinski definition) is 2. The Labute approximate surface area is 104 Å². The molecule has 3 heterocycles. The molecule has 3 N–H and O–H groups in total. The second-order valence-corrected chi connectivity index (χ2v) is 4.97. The number of aromatic nitrogens is 3. The first-order valence-corrected chi connectivity index (χ1v) is 5.90. The Balaban J connectivity index is 2.07. The van der Waals surface area contributed by atoms with Crippen molar-refractivity contribution < 1.29 is 5.11 Å². The number of anilines is 2. The quantitative estimate of drug-likeness (QED) is 0.763. The van der Waals surface area contributed by atoms with E-state index in [1.807, 2.05) is 13.0 Å². The Kier molecular flexibility index (Phi) is 2.34. The summed E-state index contributed by atoms with van der Waals surface area (Å²) in [6, 6.07) is 3.61. The maximum atomic E-state index is 10.0. The lowest BCUT2D eigenvalue weighted by Gasteiger charge is -2.20. The van der Waals surface area contributed by atoms with Crippen LogP contribution in [0.25, 0.3) is 11.0 Å². The van der Waals surface area contributed by atoms with Crippen LogP contribution < -0.4 is 10.6 Å².